The van der Waals surface area contributed by atoms with Crippen LogP contribution in [-0.2, 0) is 0 Å². The summed E-state index contributed by atoms with van der Waals surface area (Å²) >= 11 is 0. The minimum atomic E-state index is -0.353. The van der Waals surface area contributed by atoms with Gasteiger partial charge in [0.1, 0.15) is 0 Å². The second-order valence-electron chi connectivity index (χ2n) is 8.12. The summed E-state index contributed by atoms with van der Waals surface area (Å²) < 4.78 is 0. The number of rotatable bonds is 6. The van der Waals surface area contributed by atoms with Crippen LogP contribution in [-0.4, -0.2) is 54.8 Å². The Labute approximate surface area is 157 Å². The van der Waals surface area contributed by atoms with Crippen LogP contribution < -0.4 is 5.32 Å². The van der Waals surface area contributed by atoms with Crippen LogP contribution in [0.1, 0.15) is 56.8 Å². The van der Waals surface area contributed by atoms with Gasteiger partial charge in [0.2, 0.25) is 0 Å². The van der Waals surface area contributed by atoms with Crippen LogP contribution in [0.2, 0.25) is 0 Å². The van der Waals surface area contributed by atoms with Crippen molar-refractivity contribution in [2.45, 2.75) is 52.5 Å². The molecule has 0 spiro atoms. The van der Waals surface area contributed by atoms with Gasteiger partial charge in [0.05, 0.1) is 0 Å². The van der Waals surface area contributed by atoms with Crippen molar-refractivity contribution in [3.05, 3.63) is 29.8 Å². The van der Waals surface area contributed by atoms with E-state index in [0.717, 1.165) is 44.5 Å². The summed E-state index contributed by atoms with van der Waals surface area (Å²) in [4.78, 5) is 29.2. The zero-order valence-electron chi connectivity index (χ0n) is 16.8. The number of hydrogen-bond donors (Lipinski definition) is 1. The van der Waals surface area contributed by atoms with Gasteiger partial charge >= 0.3 is 6.03 Å². The summed E-state index contributed by atoms with van der Waals surface area (Å²) in [5.41, 5.74) is 1.07. The number of benzene rings is 1. The fourth-order valence-electron chi connectivity index (χ4n) is 3.59. The molecule has 0 unspecified atom stereocenters. The Morgan fingerprint density at radius 1 is 1.19 bits per heavy atom. The zero-order valence-corrected chi connectivity index (χ0v) is 16.8. The monoisotopic (exact) mass is 359 g/mol. The summed E-state index contributed by atoms with van der Waals surface area (Å²) in [6.45, 7) is 8.12. The molecule has 0 aromatic heterocycles. The number of urea groups is 1. The third kappa shape index (κ3) is 5.07. The van der Waals surface area contributed by atoms with Crippen molar-refractivity contribution in [1.29, 1.82) is 0 Å². The topological polar surface area (TPSA) is 52.7 Å². The van der Waals surface area contributed by atoms with E-state index >= 15 is 0 Å². The molecule has 144 valence electrons. The minimum Gasteiger partial charge on any atom is -0.325 e. The second kappa shape index (κ2) is 8.67. The molecule has 0 radical (unpaired) electrons. The Morgan fingerprint density at radius 3 is 2.31 bits per heavy atom. The smallest absolute Gasteiger partial charge is 0.321 e. The van der Waals surface area contributed by atoms with Gasteiger partial charge in [-0.2, -0.15) is 0 Å². The molecule has 1 N–H and O–H groups in total. The average molecular weight is 360 g/mol. The number of nitrogens with zero attached hydrogens (tertiary/aromatic N) is 2. The zero-order chi connectivity index (χ0) is 19.3. The van der Waals surface area contributed by atoms with Gasteiger partial charge in [0.25, 0.3) is 0 Å². The van der Waals surface area contributed by atoms with Crippen LogP contribution in [0.15, 0.2) is 24.3 Å². The number of ketones is 1. The molecule has 1 aliphatic heterocycles. The van der Waals surface area contributed by atoms with Crippen molar-refractivity contribution >= 4 is 17.5 Å². The third-order valence-corrected chi connectivity index (χ3v) is 5.44. The van der Waals surface area contributed by atoms with Crippen molar-refractivity contribution in [2.24, 2.45) is 5.41 Å². The van der Waals surface area contributed by atoms with Gasteiger partial charge in [-0.3, -0.25) is 4.79 Å². The van der Waals surface area contributed by atoms with Gasteiger partial charge in [-0.1, -0.05) is 27.2 Å². The maximum atomic E-state index is 12.6. The second-order valence-corrected chi connectivity index (χ2v) is 8.12. The Kier molecular flexibility index (Phi) is 6.81. The summed E-state index contributed by atoms with van der Waals surface area (Å²) in [7, 11) is 3.97. The van der Waals surface area contributed by atoms with Crippen LogP contribution in [0.3, 0.4) is 0 Å². The minimum absolute atomic E-state index is 0.0926. The average Bonchev–Trinajstić information content (AvgIpc) is 2.61. The van der Waals surface area contributed by atoms with Crippen LogP contribution >= 0.6 is 0 Å². The number of amides is 2. The van der Waals surface area contributed by atoms with Crippen LogP contribution in [0.4, 0.5) is 10.5 Å². The molecule has 2 amide bonds. The number of carbonyl (C=O) groups is 2. The fourth-order valence-corrected chi connectivity index (χ4v) is 3.59. The van der Waals surface area contributed by atoms with E-state index in [1.807, 2.05) is 45.2 Å². The van der Waals surface area contributed by atoms with Gasteiger partial charge in [-0.25, -0.2) is 4.79 Å². The van der Waals surface area contributed by atoms with Gasteiger partial charge in [-0.05, 0) is 63.7 Å². The fraction of sp³-hybridized carbons (Fsp3) is 0.619. The Bertz CT molecular complexity index is 617. The first kappa shape index (κ1) is 20.4. The molecule has 1 heterocycles. The van der Waals surface area contributed by atoms with E-state index in [9.17, 15) is 9.59 Å². The van der Waals surface area contributed by atoms with E-state index in [0.29, 0.717) is 5.56 Å². The molecule has 2 rings (SSSR count). The highest BCUT2D eigenvalue weighted by molar-refractivity contribution is 6.00. The van der Waals surface area contributed by atoms with Gasteiger partial charge in [-0.15, -0.1) is 0 Å². The molecule has 1 aromatic rings. The number of carbonyl (C=O) groups excluding carboxylic acids is 2. The number of likely N-dealkylation sites (tertiary alicyclic amines) is 1. The van der Waals surface area contributed by atoms with E-state index in [1.165, 1.54) is 0 Å². The van der Waals surface area contributed by atoms with E-state index in [2.05, 4.69) is 24.2 Å². The molecule has 1 fully saturated rings. The highest BCUT2D eigenvalue weighted by atomic mass is 16.2. The Balaban J connectivity index is 1.96. The first-order valence-corrected chi connectivity index (χ1v) is 9.62. The highest BCUT2D eigenvalue weighted by Crippen LogP contribution is 2.28. The van der Waals surface area contributed by atoms with Gasteiger partial charge < -0.3 is 15.1 Å². The molecular formula is C21H33N3O2. The van der Waals surface area contributed by atoms with Crippen molar-refractivity contribution in [2.75, 3.05) is 32.5 Å². The van der Waals surface area contributed by atoms with Crippen LogP contribution in [0, 0.1) is 5.41 Å². The quantitative estimate of drug-likeness (QED) is 0.773. The third-order valence-electron chi connectivity index (χ3n) is 5.44. The van der Waals surface area contributed by atoms with E-state index < -0.39 is 0 Å². The number of anilines is 1. The lowest BCUT2D eigenvalue weighted by Crippen LogP contribution is -2.46. The largest absolute Gasteiger partial charge is 0.325 e. The lowest BCUT2D eigenvalue weighted by Gasteiger charge is -2.35. The number of Topliss-reactive ketones (excluding diaryl/α,β-unsaturated/α-hetero) is 1. The van der Waals surface area contributed by atoms with Crippen molar-refractivity contribution in [1.82, 2.24) is 9.80 Å². The van der Waals surface area contributed by atoms with E-state index in [-0.39, 0.29) is 23.3 Å². The molecule has 1 aliphatic rings. The summed E-state index contributed by atoms with van der Waals surface area (Å²) in [5, 5.41) is 2.94. The maximum absolute atomic E-state index is 12.6. The standard InChI is InChI=1S/C21H33N3O2/c1-6-13-21(2,3)19(25)16-7-9-17(10-8-16)22-20(26)24(5)18-11-14-23(4)15-12-18/h7-10,18H,6,11-15H2,1-5H3,(H,22,26). The first-order chi connectivity index (χ1) is 12.2. The number of nitrogens with one attached hydrogen (secondary N) is 1. The molecule has 1 saturated heterocycles. The molecule has 0 aliphatic carbocycles. The molecule has 0 atom stereocenters. The van der Waals surface area contributed by atoms with Crippen LogP contribution in [0.25, 0.3) is 0 Å². The predicted molar refractivity (Wildman–Crippen MR) is 107 cm³/mol. The van der Waals surface area contributed by atoms with Crippen LogP contribution in [0.5, 0.6) is 0 Å². The first-order valence-electron chi connectivity index (χ1n) is 9.62. The predicted octanol–water partition coefficient (Wildman–Crippen LogP) is 4.25. The molecule has 1 aromatic carbocycles. The van der Waals surface area contributed by atoms with Gasteiger partial charge in [0.15, 0.2) is 5.78 Å². The normalized spacial score (nSPS) is 16.3. The van der Waals surface area contributed by atoms with Gasteiger partial charge in [0, 0.05) is 29.8 Å². The van der Waals surface area contributed by atoms with E-state index in [1.54, 1.807) is 4.90 Å². The maximum Gasteiger partial charge on any atom is 0.321 e. The summed E-state index contributed by atoms with van der Waals surface area (Å²) in [5.74, 6) is 0.153. The van der Waals surface area contributed by atoms with Crippen molar-refractivity contribution in [3.8, 4) is 0 Å². The summed E-state index contributed by atoms with van der Waals surface area (Å²) in [6.07, 6.45) is 3.85. The molecule has 0 saturated carbocycles. The SMILES string of the molecule is CCCC(C)(C)C(=O)c1ccc(NC(=O)N(C)C2CCN(C)CC2)cc1. The molecular weight excluding hydrogens is 326 g/mol. The van der Waals surface area contributed by atoms with E-state index in [4.69, 9.17) is 0 Å². The molecule has 0 bridgehead atoms. The van der Waals surface area contributed by atoms with Crippen molar-refractivity contribution in [3.63, 3.8) is 0 Å². The molecule has 5 heteroatoms. The van der Waals surface area contributed by atoms with Crippen molar-refractivity contribution < 1.29 is 9.59 Å². The molecule has 5 nitrogen and oxygen atoms in total. The lowest BCUT2D eigenvalue weighted by atomic mass is 9.80. The highest BCUT2D eigenvalue weighted by Gasteiger charge is 2.27. The Morgan fingerprint density at radius 2 is 1.77 bits per heavy atom. The molecule has 26 heavy (non-hydrogen) atoms. The summed E-state index contributed by atoms with van der Waals surface area (Å²) in [6, 6.07) is 7.44. The Hall–Kier alpha value is -1.88. The lowest BCUT2D eigenvalue weighted by molar-refractivity contribution is 0.0825. The number of piperidine rings is 1. The number of hydrogen-bond acceptors (Lipinski definition) is 3.